The molecule has 5 nitrogen and oxygen atoms in total. The summed E-state index contributed by atoms with van der Waals surface area (Å²) in [6.45, 7) is 7.42. The Hall–Kier alpha value is -1.59. The highest BCUT2D eigenvalue weighted by Crippen LogP contribution is 2.30. The zero-order valence-corrected chi connectivity index (χ0v) is 17.7. The number of aliphatic hydroxyl groups is 1. The Morgan fingerprint density at radius 1 is 1.18 bits per heavy atom. The van der Waals surface area contributed by atoms with Crippen LogP contribution in [0.2, 0.25) is 0 Å². The minimum absolute atomic E-state index is 0.0761. The second-order valence-corrected chi connectivity index (χ2v) is 8.71. The van der Waals surface area contributed by atoms with E-state index in [-0.39, 0.29) is 18.8 Å². The van der Waals surface area contributed by atoms with Crippen molar-refractivity contribution in [2.45, 2.75) is 77.5 Å². The second kappa shape index (κ2) is 11.4. The van der Waals surface area contributed by atoms with E-state index in [0.29, 0.717) is 25.6 Å². The molecule has 0 aliphatic heterocycles. The van der Waals surface area contributed by atoms with Gasteiger partial charge in [0.05, 0.1) is 19.3 Å². The molecule has 28 heavy (non-hydrogen) atoms. The maximum absolute atomic E-state index is 12.7. The topological polar surface area (TPSA) is 59.0 Å². The van der Waals surface area contributed by atoms with Gasteiger partial charge in [-0.3, -0.25) is 0 Å². The van der Waals surface area contributed by atoms with Crippen LogP contribution in [0.25, 0.3) is 0 Å². The Bertz CT molecular complexity index is 570. The minimum atomic E-state index is -0.501. The van der Waals surface area contributed by atoms with Crippen LogP contribution in [0.15, 0.2) is 30.3 Å². The molecule has 1 aromatic rings. The highest BCUT2D eigenvalue weighted by molar-refractivity contribution is 5.68. The number of carbonyl (C=O) groups excluding carboxylic acids is 1. The first-order valence-corrected chi connectivity index (χ1v) is 10.6. The quantitative estimate of drug-likeness (QED) is 0.659. The Morgan fingerprint density at radius 3 is 2.57 bits per heavy atom. The first kappa shape index (κ1) is 22.7. The predicted octanol–water partition coefficient (Wildman–Crippen LogP) is 4.77. The summed E-state index contributed by atoms with van der Waals surface area (Å²) in [7, 11) is 0. The second-order valence-electron chi connectivity index (χ2n) is 8.71. The fourth-order valence-corrected chi connectivity index (χ4v) is 3.84. The molecule has 1 fully saturated rings. The first-order chi connectivity index (χ1) is 13.4. The van der Waals surface area contributed by atoms with Gasteiger partial charge in [-0.25, -0.2) is 4.79 Å². The largest absolute Gasteiger partial charge is 0.444 e. The third-order valence-corrected chi connectivity index (χ3v) is 5.13. The lowest BCUT2D eigenvalue weighted by Crippen LogP contribution is -2.37. The van der Waals surface area contributed by atoms with E-state index in [9.17, 15) is 4.79 Å². The number of hydrogen-bond acceptors (Lipinski definition) is 4. The molecule has 1 aliphatic carbocycles. The Morgan fingerprint density at radius 2 is 1.89 bits per heavy atom. The van der Waals surface area contributed by atoms with E-state index < -0.39 is 5.60 Å². The molecule has 0 saturated heterocycles. The Balaban J connectivity index is 1.92. The van der Waals surface area contributed by atoms with Crippen molar-refractivity contribution in [3.63, 3.8) is 0 Å². The summed E-state index contributed by atoms with van der Waals surface area (Å²) in [4.78, 5) is 14.5. The van der Waals surface area contributed by atoms with Gasteiger partial charge in [-0.1, -0.05) is 43.2 Å². The lowest BCUT2D eigenvalue weighted by Gasteiger charge is -2.32. The smallest absolute Gasteiger partial charge is 0.410 e. The molecule has 0 aromatic heterocycles. The van der Waals surface area contributed by atoms with Gasteiger partial charge in [-0.2, -0.15) is 0 Å². The molecule has 1 N–H and O–H groups in total. The molecule has 2 atom stereocenters. The van der Waals surface area contributed by atoms with Gasteiger partial charge in [0.15, 0.2) is 0 Å². The van der Waals surface area contributed by atoms with E-state index >= 15 is 0 Å². The molecule has 158 valence electrons. The number of amides is 1. The predicted molar refractivity (Wildman–Crippen MR) is 111 cm³/mol. The van der Waals surface area contributed by atoms with Gasteiger partial charge in [0.1, 0.15) is 5.60 Å². The molecular formula is C23H37NO4. The van der Waals surface area contributed by atoms with Crippen molar-refractivity contribution < 1.29 is 19.4 Å². The van der Waals surface area contributed by atoms with Crippen molar-refractivity contribution in [1.29, 1.82) is 0 Å². The summed E-state index contributed by atoms with van der Waals surface area (Å²) in [6.07, 6.45) is 6.62. The number of ether oxygens (including phenoxy) is 2. The van der Waals surface area contributed by atoms with Crippen LogP contribution in [0, 0.1) is 5.92 Å². The molecule has 0 bridgehead atoms. The number of nitrogens with zero attached hydrogens (tertiary/aromatic N) is 1. The minimum Gasteiger partial charge on any atom is -0.444 e. The van der Waals surface area contributed by atoms with Crippen LogP contribution < -0.4 is 0 Å². The van der Waals surface area contributed by atoms with Gasteiger partial charge in [0, 0.05) is 13.1 Å². The molecule has 0 spiro atoms. The van der Waals surface area contributed by atoms with Crippen LogP contribution in [0.3, 0.4) is 0 Å². The molecule has 1 aromatic carbocycles. The van der Waals surface area contributed by atoms with Crippen LogP contribution in [-0.4, -0.2) is 47.6 Å². The van der Waals surface area contributed by atoms with Crippen molar-refractivity contribution in [2.75, 3.05) is 19.8 Å². The molecule has 0 unspecified atom stereocenters. The maximum Gasteiger partial charge on any atom is 0.410 e. The Labute approximate surface area is 170 Å². The van der Waals surface area contributed by atoms with Gasteiger partial charge < -0.3 is 19.5 Å². The first-order valence-electron chi connectivity index (χ1n) is 10.6. The van der Waals surface area contributed by atoms with Crippen molar-refractivity contribution >= 4 is 6.09 Å². The average molecular weight is 392 g/mol. The normalized spacial score (nSPS) is 20.0. The standard InChI is InChI=1S/C23H37NO4/c1-23(2,3)28-22(26)24(18-19-10-5-4-6-11-19)15-9-13-20-12-7-8-14-21(20)27-17-16-25/h4-6,10-11,20-21,25H,7-9,12-18H2,1-3H3/t20-,21-/m0/s1. The zero-order chi connectivity index (χ0) is 20.4. The molecule has 1 saturated carbocycles. The van der Waals surface area contributed by atoms with Crippen LogP contribution in [0.1, 0.15) is 64.9 Å². The van der Waals surface area contributed by atoms with Gasteiger partial charge in [0.25, 0.3) is 0 Å². The zero-order valence-electron chi connectivity index (χ0n) is 17.7. The van der Waals surface area contributed by atoms with Crippen molar-refractivity contribution in [3.05, 3.63) is 35.9 Å². The van der Waals surface area contributed by atoms with Crippen molar-refractivity contribution in [2.24, 2.45) is 5.92 Å². The van der Waals surface area contributed by atoms with Gasteiger partial charge in [0.2, 0.25) is 0 Å². The summed E-state index contributed by atoms with van der Waals surface area (Å²) in [5.74, 6) is 0.512. The number of rotatable bonds is 9. The van der Waals surface area contributed by atoms with Crippen LogP contribution in [0.4, 0.5) is 4.79 Å². The summed E-state index contributed by atoms with van der Waals surface area (Å²) in [6, 6.07) is 10.0. The fraction of sp³-hybridized carbons (Fsp3) is 0.696. The molecular weight excluding hydrogens is 354 g/mol. The van der Waals surface area contributed by atoms with Crippen LogP contribution in [0.5, 0.6) is 0 Å². The number of carbonyl (C=O) groups is 1. The highest BCUT2D eigenvalue weighted by Gasteiger charge is 2.27. The summed E-state index contributed by atoms with van der Waals surface area (Å²) < 4.78 is 11.5. The van der Waals surface area contributed by atoms with Crippen LogP contribution >= 0.6 is 0 Å². The third kappa shape index (κ3) is 8.19. The van der Waals surface area contributed by atoms with Gasteiger partial charge in [-0.05, 0) is 57.9 Å². The Kier molecular flexibility index (Phi) is 9.26. The lowest BCUT2D eigenvalue weighted by molar-refractivity contribution is -0.0285. The molecule has 5 heteroatoms. The van der Waals surface area contributed by atoms with E-state index in [0.717, 1.165) is 24.8 Å². The highest BCUT2D eigenvalue weighted by atomic mass is 16.6. The van der Waals surface area contributed by atoms with Gasteiger partial charge in [-0.15, -0.1) is 0 Å². The third-order valence-electron chi connectivity index (χ3n) is 5.13. The van der Waals surface area contributed by atoms with E-state index in [1.807, 2.05) is 56.0 Å². The number of hydrogen-bond donors (Lipinski definition) is 1. The van der Waals surface area contributed by atoms with Crippen LogP contribution in [-0.2, 0) is 16.0 Å². The fourth-order valence-electron chi connectivity index (χ4n) is 3.84. The van der Waals surface area contributed by atoms with Crippen molar-refractivity contribution in [3.8, 4) is 0 Å². The number of benzene rings is 1. The van der Waals surface area contributed by atoms with Crippen molar-refractivity contribution in [1.82, 2.24) is 4.90 Å². The average Bonchev–Trinajstić information content (AvgIpc) is 2.66. The summed E-state index contributed by atoms with van der Waals surface area (Å²) in [5.41, 5.74) is 0.605. The van der Waals surface area contributed by atoms with E-state index in [4.69, 9.17) is 14.6 Å². The monoisotopic (exact) mass is 391 g/mol. The lowest BCUT2D eigenvalue weighted by atomic mass is 9.83. The molecule has 0 heterocycles. The molecule has 0 radical (unpaired) electrons. The van der Waals surface area contributed by atoms with E-state index in [1.54, 1.807) is 0 Å². The number of aliphatic hydroxyl groups excluding tert-OH is 1. The molecule has 2 rings (SSSR count). The molecule has 1 amide bonds. The summed E-state index contributed by atoms with van der Waals surface area (Å²) >= 11 is 0. The molecule has 1 aliphatic rings. The van der Waals surface area contributed by atoms with E-state index in [1.165, 1.54) is 19.3 Å². The maximum atomic E-state index is 12.7. The SMILES string of the molecule is CC(C)(C)OC(=O)N(CCC[C@@H]1CCCC[C@@H]1OCCO)Cc1ccccc1. The summed E-state index contributed by atoms with van der Waals surface area (Å²) in [5, 5.41) is 9.04. The van der Waals surface area contributed by atoms with E-state index in [2.05, 4.69) is 0 Å². The van der Waals surface area contributed by atoms with Gasteiger partial charge >= 0.3 is 6.09 Å².